The van der Waals surface area contributed by atoms with Gasteiger partial charge in [-0.1, -0.05) is 0 Å². The Morgan fingerprint density at radius 1 is 1.69 bits per heavy atom. The van der Waals surface area contributed by atoms with Gasteiger partial charge in [0, 0.05) is 19.6 Å². The van der Waals surface area contributed by atoms with E-state index in [0.717, 1.165) is 26.2 Å². The molecule has 2 atom stereocenters. The summed E-state index contributed by atoms with van der Waals surface area (Å²) in [4.78, 5) is 8.07. The fourth-order valence-electron chi connectivity index (χ4n) is 1.18. The molecule has 0 aromatic heterocycles. The molecule has 1 heterocycles. The van der Waals surface area contributed by atoms with Gasteiger partial charge in [-0.3, -0.25) is 0 Å². The first-order valence-corrected chi connectivity index (χ1v) is 4.78. The summed E-state index contributed by atoms with van der Waals surface area (Å²) >= 11 is 0. The maximum absolute atomic E-state index is 5.53. The highest BCUT2D eigenvalue weighted by atomic mass is 16.5. The van der Waals surface area contributed by atoms with Crippen LogP contribution >= 0.6 is 0 Å². The van der Waals surface area contributed by atoms with Crippen LogP contribution in [0.1, 0.15) is 13.8 Å². The standard InChI is InChI=1S/C9H17N3O/c1-3-10-7-12-8(2)9-6-11-4-5-13-9/h8-9,11H,3-6H2,1-2H3. The van der Waals surface area contributed by atoms with E-state index in [-0.39, 0.29) is 12.1 Å². The molecule has 1 N–H and O–H groups in total. The van der Waals surface area contributed by atoms with Crippen molar-refractivity contribution in [3.05, 3.63) is 0 Å². The molecule has 1 saturated heterocycles. The minimum Gasteiger partial charge on any atom is -0.373 e. The van der Waals surface area contributed by atoms with Crippen LogP contribution in [0.2, 0.25) is 0 Å². The molecule has 0 radical (unpaired) electrons. The molecule has 1 aliphatic rings. The molecule has 4 nitrogen and oxygen atoms in total. The zero-order chi connectivity index (χ0) is 9.52. The summed E-state index contributed by atoms with van der Waals surface area (Å²) in [5.74, 6) is 0. The Morgan fingerprint density at radius 3 is 3.15 bits per heavy atom. The van der Waals surface area contributed by atoms with Gasteiger partial charge in [0.15, 0.2) is 0 Å². The van der Waals surface area contributed by atoms with Crippen LogP contribution in [-0.2, 0) is 4.74 Å². The van der Waals surface area contributed by atoms with Crippen LogP contribution in [0.4, 0.5) is 0 Å². The summed E-state index contributed by atoms with van der Waals surface area (Å²) in [5.41, 5.74) is 0. The molecule has 13 heavy (non-hydrogen) atoms. The van der Waals surface area contributed by atoms with E-state index in [1.54, 1.807) is 0 Å². The second-order valence-electron chi connectivity index (χ2n) is 3.06. The van der Waals surface area contributed by atoms with Gasteiger partial charge in [-0.2, -0.15) is 0 Å². The van der Waals surface area contributed by atoms with Gasteiger partial charge in [0.2, 0.25) is 0 Å². The van der Waals surface area contributed by atoms with E-state index in [0.29, 0.717) is 0 Å². The maximum atomic E-state index is 5.53. The highest BCUT2D eigenvalue weighted by Crippen LogP contribution is 2.04. The van der Waals surface area contributed by atoms with E-state index >= 15 is 0 Å². The highest BCUT2D eigenvalue weighted by molar-refractivity contribution is 5.41. The third-order valence-corrected chi connectivity index (χ3v) is 1.98. The van der Waals surface area contributed by atoms with E-state index in [1.807, 2.05) is 13.8 Å². The van der Waals surface area contributed by atoms with Gasteiger partial charge < -0.3 is 10.1 Å². The molecule has 2 unspecified atom stereocenters. The summed E-state index contributed by atoms with van der Waals surface area (Å²) in [6, 6.07) is 2.82. The van der Waals surface area contributed by atoms with Crippen LogP contribution in [-0.4, -0.2) is 44.4 Å². The van der Waals surface area contributed by atoms with Gasteiger partial charge in [0.05, 0.1) is 24.8 Å². The van der Waals surface area contributed by atoms with Crippen molar-refractivity contribution in [2.24, 2.45) is 9.98 Å². The average Bonchev–Trinajstić information content (AvgIpc) is 2.19. The molecular formula is C9H17N3O. The van der Waals surface area contributed by atoms with Crippen molar-refractivity contribution in [2.45, 2.75) is 26.0 Å². The third kappa shape index (κ3) is 3.68. The molecule has 0 bridgehead atoms. The fraction of sp³-hybridized carbons (Fsp3) is 0.889. The molecule has 1 fully saturated rings. The lowest BCUT2D eigenvalue weighted by atomic mass is 10.2. The summed E-state index contributed by atoms with van der Waals surface area (Å²) < 4.78 is 5.53. The van der Waals surface area contributed by atoms with Crippen molar-refractivity contribution in [1.29, 1.82) is 0 Å². The molecule has 0 aromatic carbocycles. The minimum atomic E-state index is 0.142. The van der Waals surface area contributed by atoms with E-state index in [1.165, 1.54) is 0 Å². The Bertz CT molecular complexity index is 193. The number of hydrogen-bond acceptors (Lipinski definition) is 4. The van der Waals surface area contributed by atoms with Crippen molar-refractivity contribution in [3.63, 3.8) is 0 Å². The molecule has 0 saturated carbocycles. The van der Waals surface area contributed by atoms with Crippen molar-refractivity contribution < 1.29 is 4.74 Å². The van der Waals surface area contributed by atoms with E-state index in [4.69, 9.17) is 4.74 Å². The van der Waals surface area contributed by atoms with Crippen LogP contribution in [0, 0.1) is 0 Å². The van der Waals surface area contributed by atoms with Crippen molar-refractivity contribution >= 4 is 6.01 Å². The number of morpholine rings is 1. The van der Waals surface area contributed by atoms with Gasteiger partial charge in [0.25, 0.3) is 0 Å². The van der Waals surface area contributed by atoms with Gasteiger partial charge >= 0.3 is 0 Å². The Labute approximate surface area is 79.1 Å². The fourth-order valence-corrected chi connectivity index (χ4v) is 1.18. The first kappa shape index (κ1) is 10.4. The van der Waals surface area contributed by atoms with Crippen LogP contribution in [0.15, 0.2) is 9.98 Å². The quantitative estimate of drug-likeness (QED) is 0.650. The molecule has 1 aliphatic heterocycles. The van der Waals surface area contributed by atoms with Gasteiger partial charge in [0.1, 0.15) is 0 Å². The van der Waals surface area contributed by atoms with Crippen LogP contribution < -0.4 is 5.32 Å². The Kier molecular flexibility index (Phi) is 4.68. The largest absolute Gasteiger partial charge is 0.373 e. The molecule has 0 spiro atoms. The highest BCUT2D eigenvalue weighted by Gasteiger charge is 2.19. The number of hydrogen-bond donors (Lipinski definition) is 1. The lowest BCUT2D eigenvalue weighted by Gasteiger charge is -2.25. The van der Waals surface area contributed by atoms with Gasteiger partial charge in [-0.25, -0.2) is 9.98 Å². The van der Waals surface area contributed by atoms with Crippen LogP contribution in [0.5, 0.6) is 0 Å². The van der Waals surface area contributed by atoms with E-state index in [2.05, 4.69) is 21.3 Å². The SMILES string of the molecule is CCN=C=NC(C)C1CNCCO1. The van der Waals surface area contributed by atoms with Gasteiger partial charge in [-0.15, -0.1) is 0 Å². The molecule has 74 valence electrons. The van der Waals surface area contributed by atoms with Crippen molar-refractivity contribution in [3.8, 4) is 0 Å². The Balaban J connectivity index is 2.36. The summed E-state index contributed by atoms with van der Waals surface area (Å²) in [5, 5.41) is 3.26. The van der Waals surface area contributed by atoms with Gasteiger partial charge in [-0.05, 0) is 13.8 Å². The Hall–Kier alpha value is -0.700. The Morgan fingerprint density at radius 2 is 2.54 bits per heavy atom. The lowest BCUT2D eigenvalue weighted by Crippen LogP contribution is -2.43. The van der Waals surface area contributed by atoms with Crippen LogP contribution in [0.3, 0.4) is 0 Å². The molecule has 4 heteroatoms. The summed E-state index contributed by atoms with van der Waals surface area (Å²) in [6.45, 7) is 7.31. The molecule has 0 amide bonds. The third-order valence-electron chi connectivity index (χ3n) is 1.98. The number of nitrogens with one attached hydrogen (secondary N) is 1. The molecular weight excluding hydrogens is 166 g/mol. The summed E-state index contributed by atoms with van der Waals surface area (Å²) in [6.07, 6.45) is 0.174. The van der Waals surface area contributed by atoms with Crippen molar-refractivity contribution in [2.75, 3.05) is 26.2 Å². The van der Waals surface area contributed by atoms with E-state index < -0.39 is 0 Å². The zero-order valence-corrected chi connectivity index (χ0v) is 8.29. The summed E-state index contributed by atoms with van der Waals surface area (Å²) in [7, 11) is 0. The molecule has 0 aliphatic carbocycles. The predicted molar refractivity (Wildman–Crippen MR) is 52.5 cm³/mol. The number of nitrogens with zero attached hydrogens (tertiary/aromatic N) is 2. The first-order chi connectivity index (χ1) is 6.34. The number of aliphatic imine (C=N–C) groups is 2. The first-order valence-electron chi connectivity index (χ1n) is 4.78. The normalized spacial score (nSPS) is 24.6. The average molecular weight is 183 g/mol. The maximum Gasteiger partial charge on any atom is 0.0928 e. The smallest absolute Gasteiger partial charge is 0.0928 e. The van der Waals surface area contributed by atoms with E-state index in [9.17, 15) is 0 Å². The van der Waals surface area contributed by atoms with Crippen molar-refractivity contribution in [1.82, 2.24) is 5.32 Å². The molecule has 0 aromatic rings. The number of ether oxygens (including phenoxy) is 1. The second-order valence-corrected chi connectivity index (χ2v) is 3.06. The second kappa shape index (κ2) is 5.86. The number of rotatable bonds is 3. The van der Waals surface area contributed by atoms with Crippen LogP contribution in [0.25, 0.3) is 0 Å². The zero-order valence-electron chi connectivity index (χ0n) is 8.29. The monoisotopic (exact) mass is 183 g/mol. The predicted octanol–water partition coefficient (Wildman–Crippen LogP) is 0.557. The molecule has 1 rings (SSSR count). The topological polar surface area (TPSA) is 46.0 Å². The minimum absolute atomic E-state index is 0.142. The lowest BCUT2D eigenvalue weighted by molar-refractivity contribution is 0.0169.